The average Bonchev–Trinajstić information content (AvgIpc) is 1.59. The predicted molar refractivity (Wildman–Crippen MR) is 32.1 cm³/mol. The van der Waals surface area contributed by atoms with E-state index in [1.165, 1.54) is 6.92 Å². The van der Waals surface area contributed by atoms with Crippen molar-refractivity contribution in [3.8, 4) is 0 Å². The van der Waals surface area contributed by atoms with Crippen molar-refractivity contribution in [2.24, 2.45) is 0 Å². The molecule has 0 N–H and O–H groups in total. The van der Waals surface area contributed by atoms with Gasteiger partial charge in [-0.3, -0.25) is 4.79 Å². The van der Waals surface area contributed by atoms with E-state index < -0.39 is 12.5 Å². The standard InChI is InChI=1S/C6H10F2O2/c1-5(9)3-10-4-6(2,7)8/h3-4H2,1-2H3. The van der Waals surface area contributed by atoms with Gasteiger partial charge in [0.05, 0.1) is 0 Å². The van der Waals surface area contributed by atoms with Crippen LogP contribution in [0, 0.1) is 0 Å². The van der Waals surface area contributed by atoms with Gasteiger partial charge in [0, 0.05) is 6.92 Å². The molecule has 0 radical (unpaired) electrons. The van der Waals surface area contributed by atoms with Crippen molar-refractivity contribution in [1.82, 2.24) is 0 Å². The lowest BCUT2D eigenvalue weighted by Gasteiger charge is -2.08. The maximum atomic E-state index is 11.9. The summed E-state index contributed by atoms with van der Waals surface area (Å²) in [5, 5.41) is 0. The fourth-order valence-electron chi connectivity index (χ4n) is 0.374. The summed E-state index contributed by atoms with van der Waals surface area (Å²) in [7, 11) is 0. The normalized spacial score (nSPS) is 11.6. The van der Waals surface area contributed by atoms with Gasteiger partial charge in [-0.25, -0.2) is 8.78 Å². The van der Waals surface area contributed by atoms with E-state index in [9.17, 15) is 13.6 Å². The zero-order valence-electron chi connectivity index (χ0n) is 5.99. The monoisotopic (exact) mass is 152 g/mol. The lowest BCUT2D eigenvalue weighted by molar-refractivity contribution is -0.125. The molecule has 0 saturated carbocycles. The Morgan fingerprint density at radius 2 is 2.10 bits per heavy atom. The zero-order chi connectivity index (χ0) is 8.20. The van der Waals surface area contributed by atoms with Gasteiger partial charge in [0.15, 0.2) is 5.78 Å². The molecule has 10 heavy (non-hydrogen) atoms. The predicted octanol–water partition coefficient (Wildman–Crippen LogP) is 1.25. The number of hydrogen-bond donors (Lipinski definition) is 0. The third-order valence-electron chi connectivity index (χ3n) is 0.661. The van der Waals surface area contributed by atoms with E-state index in [0.717, 1.165) is 6.92 Å². The summed E-state index contributed by atoms with van der Waals surface area (Å²) in [4.78, 5) is 10.2. The minimum Gasteiger partial charge on any atom is -0.367 e. The molecule has 0 unspecified atom stereocenters. The highest BCUT2D eigenvalue weighted by atomic mass is 19.3. The number of hydrogen-bond acceptors (Lipinski definition) is 2. The zero-order valence-corrected chi connectivity index (χ0v) is 5.99. The molecule has 0 aliphatic heterocycles. The van der Waals surface area contributed by atoms with Gasteiger partial charge >= 0.3 is 0 Å². The lowest BCUT2D eigenvalue weighted by atomic mass is 10.4. The number of halogens is 2. The van der Waals surface area contributed by atoms with Gasteiger partial charge in [0.1, 0.15) is 13.2 Å². The van der Waals surface area contributed by atoms with E-state index in [2.05, 4.69) is 4.74 Å². The molecular weight excluding hydrogens is 142 g/mol. The van der Waals surface area contributed by atoms with Crippen molar-refractivity contribution in [2.45, 2.75) is 19.8 Å². The molecule has 0 spiro atoms. The van der Waals surface area contributed by atoms with Crippen molar-refractivity contribution < 1.29 is 18.3 Å². The Balaban J connectivity index is 3.29. The smallest absolute Gasteiger partial charge is 0.268 e. The van der Waals surface area contributed by atoms with E-state index in [1.807, 2.05) is 0 Å². The molecule has 0 fully saturated rings. The summed E-state index contributed by atoms with van der Waals surface area (Å²) < 4.78 is 28.2. The van der Waals surface area contributed by atoms with Crippen molar-refractivity contribution in [3.05, 3.63) is 0 Å². The Morgan fingerprint density at radius 1 is 1.60 bits per heavy atom. The first kappa shape index (κ1) is 9.49. The number of Topliss-reactive ketones (excluding diaryl/α,β-unsaturated/α-hetero) is 1. The molecule has 0 atom stereocenters. The van der Waals surface area contributed by atoms with Crippen LogP contribution in [0.3, 0.4) is 0 Å². The van der Waals surface area contributed by atoms with Crippen molar-refractivity contribution >= 4 is 5.78 Å². The van der Waals surface area contributed by atoms with Crippen LogP contribution in [0.2, 0.25) is 0 Å². The largest absolute Gasteiger partial charge is 0.367 e. The first-order valence-electron chi connectivity index (χ1n) is 2.87. The fraction of sp³-hybridized carbons (Fsp3) is 0.833. The number of carbonyl (C=O) groups is 1. The second-order valence-corrected chi connectivity index (χ2v) is 2.27. The number of ketones is 1. The van der Waals surface area contributed by atoms with Gasteiger partial charge in [-0.05, 0) is 6.92 Å². The number of carbonyl (C=O) groups excluding carboxylic acids is 1. The summed E-state index contributed by atoms with van der Waals surface area (Å²) in [6.07, 6.45) is 0. The highest BCUT2D eigenvalue weighted by Crippen LogP contribution is 2.10. The molecule has 60 valence electrons. The van der Waals surface area contributed by atoms with Crippen molar-refractivity contribution in [2.75, 3.05) is 13.2 Å². The van der Waals surface area contributed by atoms with Gasteiger partial charge in [0.25, 0.3) is 5.92 Å². The Morgan fingerprint density at radius 3 is 2.40 bits per heavy atom. The van der Waals surface area contributed by atoms with Gasteiger partial charge in [-0.2, -0.15) is 0 Å². The van der Waals surface area contributed by atoms with Crippen LogP contribution in [0.25, 0.3) is 0 Å². The average molecular weight is 152 g/mol. The second kappa shape index (κ2) is 3.61. The molecule has 0 saturated heterocycles. The SMILES string of the molecule is CC(=O)COCC(C)(F)F. The van der Waals surface area contributed by atoms with Crippen LogP contribution in [0.1, 0.15) is 13.8 Å². The van der Waals surface area contributed by atoms with Crippen LogP contribution in [-0.4, -0.2) is 24.9 Å². The van der Waals surface area contributed by atoms with Crippen molar-refractivity contribution in [1.29, 1.82) is 0 Å². The van der Waals surface area contributed by atoms with E-state index in [1.54, 1.807) is 0 Å². The molecular formula is C6H10F2O2. The van der Waals surface area contributed by atoms with Gasteiger partial charge < -0.3 is 4.74 Å². The van der Waals surface area contributed by atoms with E-state index >= 15 is 0 Å². The minimum absolute atomic E-state index is 0.233. The summed E-state index contributed by atoms with van der Waals surface area (Å²) in [5.74, 6) is -3.08. The molecule has 0 aliphatic rings. The number of ether oxygens (including phenoxy) is 1. The van der Waals surface area contributed by atoms with Crippen LogP contribution in [0.4, 0.5) is 8.78 Å². The van der Waals surface area contributed by atoms with Crippen LogP contribution in [-0.2, 0) is 9.53 Å². The fourth-order valence-corrected chi connectivity index (χ4v) is 0.374. The van der Waals surface area contributed by atoms with Crippen LogP contribution >= 0.6 is 0 Å². The maximum Gasteiger partial charge on any atom is 0.268 e. The van der Waals surface area contributed by atoms with Crippen LogP contribution in [0.15, 0.2) is 0 Å². The molecule has 0 aromatic heterocycles. The maximum absolute atomic E-state index is 11.9. The molecule has 0 aliphatic carbocycles. The molecule has 0 aromatic carbocycles. The molecule has 0 rings (SSSR count). The van der Waals surface area contributed by atoms with E-state index in [0.29, 0.717) is 0 Å². The number of alkyl halides is 2. The Labute approximate surface area is 58.2 Å². The molecule has 4 heteroatoms. The topological polar surface area (TPSA) is 26.3 Å². The summed E-state index contributed by atoms with van der Waals surface area (Å²) in [6.45, 7) is 1.11. The molecule has 0 amide bonds. The third kappa shape index (κ3) is 7.49. The minimum atomic E-state index is -2.84. The Bertz CT molecular complexity index is 117. The molecule has 2 nitrogen and oxygen atoms in total. The molecule has 0 heterocycles. The molecule has 0 bridgehead atoms. The van der Waals surface area contributed by atoms with Crippen LogP contribution in [0.5, 0.6) is 0 Å². The highest BCUT2D eigenvalue weighted by molar-refractivity contribution is 5.76. The summed E-state index contributed by atoms with van der Waals surface area (Å²) in [5.41, 5.74) is 0. The first-order chi connectivity index (χ1) is 4.42. The first-order valence-corrected chi connectivity index (χ1v) is 2.87. The molecule has 0 aromatic rings. The number of rotatable bonds is 4. The Kier molecular flexibility index (Phi) is 3.42. The van der Waals surface area contributed by atoms with Gasteiger partial charge in [-0.15, -0.1) is 0 Å². The quantitative estimate of drug-likeness (QED) is 0.606. The van der Waals surface area contributed by atoms with E-state index in [-0.39, 0.29) is 12.4 Å². The Hall–Kier alpha value is -0.510. The summed E-state index contributed by atoms with van der Waals surface area (Å²) >= 11 is 0. The van der Waals surface area contributed by atoms with Gasteiger partial charge in [-0.1, -0.05) is 0 Å². The van der Waals surface area contributed by atoms with Crippen LogP contribution < -0.4 is 0 Å². The van der Waals surface area contributed by atoms with Gasteiger partial charge in [0.2, 0.25) is 0 Å². The third-order valence-corrected chi connectivity index (χ3v) is 0.661. The van der Waals surface area contributed by atoms with E-state index in [4.69, 9.17) is 0 Å². The second-order valence-electron chi connectivity index (χ2n) is 2.27. The highest BCUT2D eigenvalue weighted by Gasteiger charge is 2.20. The summed E-state index contributed by atoms with van der Waals surface area (Å²) in [6, 6.07) is 0. The van der Waals surface area contributed by atoms with Crippen molar-refractivity contribution in [3.63, 3.8) is 0 Å². The lowest BCUT2D eigenvalue weighted by Crippen LogP contribution is -2.20.